The summed E-state index contributed by atoms with van der Waals surface area (Å²) in [5, 5.41) is 16.6. The van der Waals surface area contributed by atoms with Gasteiger partial charge in [0, 0.05) is 32.8 Å². The van der Waals surface area contributed by atoms with Gasteiger partial charge in [0.2, 0.25) is 5.91 Å². The third-order valence-electron chi connectivity index (χ3n) is 2.56. The van der Waals surface area contributed by atoms with Crippen LogP contribution in [0.2, 0.25) is 0 Å². The summed E-state index contributed by atoms with van der Waals surface area (Å²) < 4.78 is 1.71. The van der Waals surface area contributed by atoms with Gasteiger partial charge in [-0.3, -0.25) is 9.48 Å². The second-order valence-corrected chi connectivity index (χ2v) is 4.22. The molecule has 6 heteroatoms. The Bertz CT molecular complexity index is 324. The number of hydrogen-bond acceptors (Lipinski definition) is 4. The first-order valence-corrected chi connectivity index (χ1v) is 5.85. The van der Waals surface area contributed by atoms with E-state index in [-0.39, 0.29) is 12.0 Å². The zero-order valence-corrected chi connectivity index (χ0v) is 10.4. The Balaban J connectivity index is 2.15. The van der Waals surface area contributed by atoms with Crippen molar-refractivity contribution in [2.24, 2.45) is 0 Å². The van der Waals surface area contributed by atoms with Crippen LogP contribution >= 0.6 is 0 Å². The lowest BCUT2D eigenvalue weighted by molar-refractivity contribution is -0.130. The highest BCUT2D eigenvalue weighted by atomic mass is 16.3. The molecule has 0 saturated carbocycles. The number of rotatable bonds is 7. The monoisotopic (exact) mass is 240 g/mol. The zero-order valence-electron chi connectivity index (χ0n) is 10.4. The minimum Gasteiger partial charge on any atom is -0.393 e. The first kappa shape index (κ1) is 13.6. The molecule has 96 valence electrons. The van der Waals surface area contributed by atoms with Gasteiger partial charge in [-0.25, -0.2) is 0 Å². The SMILES string of the molecule is CC(O)CCN(C)C(=O)CCCn1ccnn1. The van der Waals surface area contributed by atoms with Crippen molar-refractivity contribution in [3.05, 3.63) is 12.4 Å². The van der Waals surface area contributed by atoms with Crippen LogP contribution in [0.3, 0.4) is 0 Å². The van der Waals surface area contributed by atoms with Crippen LogP contribution in [0.1, 0.15) is 26.2 Å². The quantitative estimate of drug-likeness (QED) is 0.743. The van der Waals surface area contributed by atoms with Gasteiger partial charge in [0.05, 0.1) is 12.3 Å². The molecule has 0 saturated heterocycles. The van der Waals surface area contributed by atoms with Gasteiger partial charge < -0.3 is 10.0 Å². The summed E-state index contributed by atoms with van der Waals surface area (Å²) in [4.78, 5) is 13.3. The van der Waals surface area contributed by atoms with E-state index in [0.717, 1.165) is 6.42 Å². The maximum Gasteiger partial charge on any atom is 0.222 e. The number of aromatic nitrogens is 3. The van der Waals surface area contributed by atoms with Gasteiger partial charge in [-0.15, -0.1) is 5.10 Å². The van der Waals surface area contributed by atoms with Crippen molar-refractivity contribution >= 4 is 5.91 Å². The highest BCUT2D eigenvalue weighted by molar-refractivity contribution is 5.75. The molecule has 1 aromatic rings. The van der Waals surface area contributed by atoms with E-state index in [1.54, 1.807) is 35.9 Å². The van der Waals surface area contributed by atoms with E-state index in [1.165, 1.54) is 0 Å². The molecule has 17 heavy (non-hydrogen) atoms. The van der Waals surface area contributed by atoms with Crippen LogP contribution in [0.4, 0.5) is 0 Å². The average molecular weight is 240 g/mol. The van der Waals surface area contributed by atoms with E-state index in [2.05, 4.69) is 10.3 Å². The van der Waals surface area contributed by atoms with Crippen LogP contribution in [0.5, 0.6) is 0 Å². The van der Waals surface area contributed by atoms with Crippen molar-refractivity contribution < 1.29 is 9.90 Å². The minimum atomic E-state index is -0.361. The van der Waals surface area contributed by atoms with Crippen molar-refractivity contribution in [3.8, 4) is 0 Å². The highest BCUT2D eigenvalue weighted by Crippen LogP contribution is 2.00. The first-order valence-electron chi connectivity index (χ1n) is 5.85. The lowest BCUT2D eigenvalue weighted by atomic mass is 10.2. The third kappa shape index (κ3) is 5.44. The van der Waals surface area contributed by atoms with Crippen molar-refractivity contribution in [3.63, 3.8) is 0 Å². The summed E-state index contributed by atoms with van der Waals surface area (Å²) in [6, 6.07) is 0. The van der Waals surface area contributed by atoms with Gasteiger partial charge in [0.1, 0.15) is 0 Å². The van der Waals surface area contributed by atoms with Gasteiger partial charge >= 0.3 is 0 Å². The number of nitrogens with zero attached hydrogens (tertiary/aromatic N) is 4. The van der Waals surface area contributed by atoms with E-state index in [1.807, 2.05) is 0 Å². The molecule has 1 heterocycles. The molecule has 0 aliphatic heterocycles. The fourth-order valence-electron chi connectivity index (χ4n) is 1.44. The predicted octanol–water partition coefficient (Wildman–Crippen LogP) is 0.288. The van der Waals surface area contributed by atoms with Crippen molar-refractivity contribution in [2.75, 3.05) is 13.6 Å². The van der Waals surface area contributed by atoms with Crippen LogP contribution in [0.25, 0.3) is 0 Å². The number of hydrogen-bond donors (Lipinski definition) is 1. The van der Waals surface area contributed by atoms with Crippen molar-refractivity contribution in [2.45, 2.75) is 38.8 Å². The molecule has 0 aromatic carbocycles. The molecule has 6 nitrogen and oxygen atoms in total. The maximum absolute atomic E-state index is 11.7. The molecule has 0 aliphatic rings. The molecule has 1 unspecified atom stereocenters. The van der Waals surface area contributed by atoms with Gasteiger partial charge in [0.25, 0.3) is 0 Å². The summed E-state index contributed by atoms with van der Waals surface area (Å²) in [6.45, 7) is 3.03. The fourth-order valence-corrected chi connectivity index (χ4v) is 1.44. The fraction of sp³-hybridized carbons (Fsp3) is 0.727. The largest absolute Gasteiger partial charge is 0.393 e. The summed E-state index contributed by atoms with van der Waals surface area (Å²) in [7, 11) is 1.76. The Morgan fingerprint density at radius 1 is 1.59 bits per heavy atom. The number of aliphatic hydroxyl groups is 1. The second kappa shape index (κ2) is 7.01. The third-order valence-corrected chi connectivity index (χ3v) is 2.56. The van der Waals surface area contributed by atoms with Gasteiger partial charge in [-0.1, -0.05) is 5.21 Å². The van der Waals surface area contributed by atoms with Crippen LogP contribution in [0, 0.1) is 0 Å². The van der Waals surface area contributed by atoms with Crippen molar-refractivity contribution in [1.29, 1.82) is 0 Å². The standard InChI is InChI=1S/C11H20N4O2/c1-10(16)5-8-14(2)11(17)4-3-7-15-9-6-12-13-15/h6,9-10,16H,3-5,7-8H2,1-2H3. The van der Waals surface area contributed by atoms with E-state index in [9.17, 15) is 4.79 Å². The molecule has 1 N–H and O–H groups in total. The molecule has 1 rings (SSSR count). The summed E-state index contributed by atoms with van der Waals surface area (Å²) >= 11 is 0. The average Bonchev–Trinajstić information content (AvgIpc) is 2.78. The molecule has 0 spiro atoms. The molecule has 1 atom stereocenters. The van der Waals surface area contributed by atoms with Gasteiger partial charge in [-0.05, 0) is 19.8 Å². The Kier molecular flexibility index (Phi) is 5.62. The van der Waals surface area contributed by atoms with E-state index >= 15 is 0 Å². The molecule has 0 fully saturated rings. The number of aryl methyl sites for hydroxylation is 1. The maximum atomic E-state index is 11.7. The lowest BCUT2D eigenvalue weighted by Crippen LogP contribution is -2.29. The van der Waals surface area contributed by atoms with E-state index in [0.29, 0.717) is 25.9 Å². The predicted molar refractivity (Wildman–Crippen MR) is 63.2 cm³/mol. The molecule has 0 bridgehead atoms. The molecule has 0 aliphatic carbocycles. The summed E-state index contributed by atoms with van der Waals surface area (Å²) in [5.74, 6) is 0.103. The number of amides is 1. The summed E-state index contributed by atoms with van der Waals surface area (Å²) in [5.41, 5.74) is 0. The van der Waals surface area contributed by atoms with E-state index in [4.69, 9.17) is 5.11 Å². The first-order chi connectivity index (χ1) is 8.09. The highest BCUT2D eigenvalue weighted by Gasteiger charge is 2.09. The number of carbonyl (C=O) groups is 1. The van der Waals surface area contributed by atoms with E-state index < -0.39 is 0 Å². The zero-order chi connectivity index (χ0) is 12.7. The Labute approximate surface area is 101 Å². The topological polar surface area (TPSA) is 71.2 Å². The van der Waals surface area contributed by atoms with Crippen LogP contribution in [-0.2, 0) is 11.3 Å². The van der Waals surface area contributed by atoms with Gasteiger partial charge in [0.15, 0.2) is 0 Å². The minimum absolute atomic E-state index is 0.103. The Morgan fingerprint density at radius 2 is 2.35 bits per heavy atom. The molecular formula is C11H20N4O2. The number of aliphatic hydroxyl groups excluding tert-OH is 1. The Morgan fingerprint density at radius 3 is 2.94 bits per heavy atom. The second-order valence-electron chi connectivity index (χ2n) is 4.22. The van der Waals surface area contributed by atoms with Crippen LogP contribution in [0.15, 0.2) is 12.4 Å². The smallest absolute Gasteiger partial charge is 0.222 e. The van der Waals surface area contributed by atoms with Crippen LogP contribution in [-0.4, -0.2) is 50.6 Å². The normalized spacial score (nSPS) is 12.4. The molecule has 0 radical (unpaired) electrons. The summed E-state index contributed by atoms with van der Waals surface area (Å²) in [6.07, 6.45) is 4.90. The van der Waals surface area contributed by atoms with Crippen LogP contribution < -0.4 is 0 Å². The molecule has 1 amide bonds. The lowest BCUT2D eigenvalue weighted by Gasteiger charge is -2.17. The van der Waals surface area contributed by atoms with Crippen molar-refractivity contribution in [1.82, 2.24) is 19.9 Å². The Hall–Kier alpha value is -1.43. The number of carbonyl (C=O) groups excluding carboxylic acids is 1. The molecule has 1 aromatic heterocycles. The van der Waals surface area contributed by atoms with Gasteiger partial charge in [-0.2, -0.15) is 0 Å². The molecular weight excluding hydrogens is 220 g/mol.